The van der Waals surface area contributed by atoms with Gasteiger partial charge >= 0.3 is 0 Å². The molecular weight excluding hydrogens is 844 g/mol. The fourth-order valence-corrected chi connectivity index (χ4v) is 10.5. The number of carbonyl (C=O) groups is 4. The van der Waals surface area contributed by atoms with E-state index in [1.165, 1.54) is 0 Å². The quantitative estimate of drug-likeness (QED) is 0.149. The summed E-state index contributed by atoms with van der Waals surface area (Å²) in [5, 5.41) is 13.7. The molecule has 15 nitrogen and oxygen atoms in total. The zero-order chi connectivity index (χ0) is 44.8. The number of hydrogen-bond acceptors (Lipinski definition) is 11. The molecule has 2 aromatic heterocycles. The number of nitrogens with zero attached hydrogens (tertiary/aromatic N) is 8. The van der Waals surface area contributed by atoms with Crippen molar-refractivity contribution in [1.82, 2.24) is 39.9 Å². The van der Waals surface area contributed by atoms with E-state index in [-0.39, 0.29) is 36.2 Å². The highest BCUT2D eigenvalue weighted by Crippen LogP contribution is 2.45. The first-order valence-electron chi connectivity index (χ1n) is 22.5. The average molecular weight is 900 g/mol. The van der Waals surface area contributed by atoms with Gasteiger partial charge in [-0.05, 0) is 105 Å². The molecule has 4 aliphatic heterocycles. The molecule has 4 fully saturated rings. The van der Waals surface area contributed by atoms with Crippen LogP contribution in [-0.4, -0.2) is 138 Å². The lowest BCUT2D eigenvalue weighted by Crippen LogP contribution is -2.60. The van der Waals surface area contributed by atoms with E-state index in [1.54, 1.807) is 40.9 Å². The Hall–Kier alpha value is -5.39. The van der Waals surface area contributed by atoms with Gasteiger partial charge in [0.1, 0.15) is 0 Å². The van der Waals surface area contributed by atoms with E-state index in [9.17, 15) is 19.2 Å². The summed E-state index contributed by atoms with van der Waals surface area (Å²) in [5.74, 6) is -2.87. The number of imide groups is 1. The number of benzene rings is 2. The molecule has 3 saturated heterocycles. The molecule has 1 saturated carbocycles. The minimum absolute atomic E-state index is 0.0277. The SMILES string of the molecule is CNc1cc(N2CCc3c(CN4CCC(N5CCC6(CCN(C(=O)c7ccc(Cl)c(N(C)CCC(=O)NC=O)c7)CC6)CC5)C(F)(F)C4)cccc32)nn2c(C(=O)NC3CC3)cnc12. The summed E-state index contributed by atoms with van der Waals surface area (Å²) in [5.41, 5.74) is 6.03. The van der Waals surface area contributed by atoms with Gasteiger partial charge in [-0.2, -0.15) is 0 Å². The first-order valence-corrected chi connectivity index (χ1v) is 22.9. The molecule has 18 heteroatoms. The Morgan fingerprint density at radius 3 is 2.47 bits per heavy atom. The van der Waals surface area contributed by atoms with E-state index < -0.39 is 17.9 Å². The van der Waals surface area contributed by atoms with Gasteiger partial charge in [-0.3, -0.25) is 34.3 Å². The second-order valence-corrected chi connectivity index (χ2v) is 18.6. The molecule has 3 N–H and O–H groups in total. The van der Waals surface area contributed by atoms with E-state index in [1.807, 2.05) is 33.9 Å². The first kappa shape index (κ1) is 43.8. The molecule has 1 spiro atoms. The van der Waals surface area contributed by atoms with Crippen LogP contribution >= 0.6 is 11.6 Å². The van der Waals surface area contributed by atoms with E-state index in [0.717, 1.165) is 67.4 Å². The van der Waals surface area contributed by atoms with Crippen LogP contribution in [0.15, 0.2) is 48.7 Å². The van der Waals surface area contributed by atoms with E-state index >= 15 is 8.78 Å². The van der Waals surface area contributed by atoms with Crippen LogP contribution < -0.4 is 25.8 Å². The minimum Gasteiger partial charge on any atom is -0.385 e. The average Bonchev–Trinajstić information content (AvgIpc) is 3.81. The summed E-state index contributed by atoms with van der Waals surface area (Å²) in [7, 11) is 3.60. The Morgan fingerprint density at radius 2 is 1.75 bits per heavy atom. The van der Waals surface area contributed by atoms with Gasteiger partial charge in [0.25, 0.3) is 17.7 Å². The first-order chi connectivity index (χ1) is 30.8. The van der Waals surface area contributed by atoms with E-state index in [4.69, 9.17) is 16.7 Å². The zero-order valence-corrected chi connectivity index (χ0v) is 37.2. The minimum atomic E-state index is -2.87. The number of anilines is 4. The van der Waals surface area contributed by atoms with Crippen molar-refractivity contribution in [2.24, 2.45) is 5.41 Å². The van der Waals surface area contributed by atoms with Gasteiger partial charge in [-0.1, -0.05) is 23.7 Å². The number of fused-ring (bicyclic) bond motifs is 2. The zero-order valence-electron chi connectivity index (χ0n) is 36.4. The third-order valence-electron chi connectivity index (χ3n) is 14.2. The number of imidazole rings is 1. The van der Waals surface area contributed by atoms with Crippen LogP contribution in [0.3, 0.4) is 0 Å². The van der Waals surface area contributed by atoms with Gasteiger partial charge in [0.2, 0.25) is 12.3 Å². The molecule has 4 amide bonds. The summed E-state index contributed by atoms with van der Waals surface area (Å²) in [6, 6.07) is 12.6. The molecule has 4 aromatic rings. The predicted molar refractivity (Wildman–Crippen MR) is 241 cm³/mol. The fraction of sp³-hybridized carbons (Fsp3) is 0.522. The Kier molecular flexibility index (Phi) is 12.2. The standard InChI is InChI=1S/C46H56ClF2N11O4/c1-50-35-25-40(54-60-38(26-51-42(35)60)43(63)53-32-7-8-32)59-19-10-33-31(4-3-5-36(33)59)27-56-18-11-39(46(48,49)28-56)57-20-13-45(14-21-57)15-22-58(23-16-45)44(64)30-6-9-34(47)37(24-30)55(2)17-12-41(62)52-29-61/h3-6,9,24-26,29,32,39,50H,7-8,10-23,27-28H2,1-2H3,(H,53,63)(H,52,61,62). The van der Waals surface area contributed by atoms with E-state index in [0.29, 0.717) is 98.6 Å². The van der Waals surface area contributed by atoms with Gasteiger partial charge in [0, 0.05) is 83.1 Å². The lowest BCUT2D eigenvalue weighted by molar-refractivity contribution is -0.139. The second kappa shape index (κ2) is 17.9. The number of piperidine rings is 3. The highest BCUT2D eigenvalue weighted by molar-refractivity contribution is 6.33. The van der Waals surface area contributed by atoms with Crippen LogP contribution in [0.4, 0.5) is 31.7 Å². The second-order valence-electron chi connectivity index (χ2n) is 18.2. The molecule has 9 rings (SSSR count). The molecule has 1 atom stereocenters. The molecular formula is C46H56ClF2N11O4. The summed E-state index contributed by atoms with van der Waals surface area (Å²) in [6.07, 6.45) is 8.43. The summed E-state index contributed by atoms with van der Waals surface area (Å²) in [6.45, 7) is 4.15. The Bertz CT molecular complexity index is 2430. The molecule has 6 heterocycles. The van der Waals surface area contributed by atoms with Crippen molar-refractivity contribution in [1.29, 1.82) is 0 Å². The molecule has 5 aliphatic rings. The molecule has 340 valence electrons. The Morgan fingerprint density at radius 1 is 0.984 bits per heavy atom. The monoisotopic (exact) mass is 899 g/mol. The normalized spacial score (nSPS) is 20.9. The lowest BCUT2D eigenvalue weighted by atomic mass is 9.70. The van der Waals surface area contributed by atoms with Crippen LogP contribution in [0.2, 0.25) is 5.02 Å². The van der Waals surface area contributed by atoms with Crippen molar-refractivity contribution in [2.45, 2.75) is 82.3 Å². The topological polar surface area (TPSA) is 151 Å². The third kappa shape index (κ3) is 8.85. The maximum atomic E-state index is 16.2. The van der Waals surface area contributed by atoms with Gasteiger partial charge in [-0.25, -0.2) is 18.3 Å². The smallest absolute Gasteiger partial charge is 0.275 e. The number of aromatic nitrogens is 3. The fourth-order valence-electron chi connectivity index (χ4n) is 10.3. The van der Waals surface area contributed by atoms with Crippen LogP contribution in [0.25, 0.3) is 5.65 Å². The summed E-state index contributed by atoms with van der Waals surface area (Å²) in [4.78, 5) is 63.3. The van der Waals surface area contributed by atoms with Crippen LogP contribution in [0.1, 0.15) is 83.3 Å². The van der Waals surface area contributed by atoms with Gasteiger partial charge in [0.15, 0.2) is 17.2 Å². The van der Waals surface area contributed by atoms with E-state index in [2.05, 4.69) is 38.0 Å². The number of nitrogens with one attached hydrogen (secondary N) is 3. The van der Waals surface area contributed by atoms with Crippen molar-refractivity contribution in [3.8, 4) is 0 Å². The number of alkyl halides is 2. The summed E-state index contributed by atoms with van der Waals surface area (Å²) < 4.78 is 34.0. The van der Waals surface area contributed by atoms with Crippen molar-refractivity contribution in [3.63, 3.8) is 0 Å². The number of rotatable bonds is 13. The highest BCUT2D eigenvalue weighted by atomic mass is 35.5. The van der Waals surface area contributed by atoms with Crippen molar-refractivity contribution in [3.05, 3.63) is 76.1 Å². The predicted octanol–water partition coefficient (Wildman–Crippen LogP) is 5.34. The molecule has 0 bridgehead atoms. The number of halogens is 3. The van der Waals surface area contributed by atoms with Gasteiger partial charge in [0.05, 0.1) is 35.2 Å². The maximum absolute atomic E-state index is 16.2. The number of likely N-dealkylation sites (tertiary alicyclic amines) is 3. The number of hydrogen-bond donors (Lipinski definition) is 3. The molecule has 64 heavy (non-hydrogen) atoms. The highest BCUT2D eigenvalue weighted by Gasteiger charge is 2.50. The molecule has 2 aromatic carbocycles. The Balaban J connectivity index is 0.788. The third-order valence-corrected chi connectivity index (χ3v) is 14.5. The van der Waals surface area contributed by atoms with Gasteiger partial charge in [-0.15, -0.1) is 5.10 Å². The number of carbonyl (C=O) groups excluding carboxylic acids is 4. The van der Waals surface area contributed by atoms with Crippen molar-refractivity contribution >= 4 is 64.3 Å². The summed E-state index contributed by atoms with van der Waals surface area (Å²) >= 11 is 6.47. The van der Waals surface area contributed by atoms with Crippen LogP contribution in [-0.2, 0) is 22.6 Å². The largest absolute Gasteiger partial charge is 0.385 e. The lowest BCUT2D eigenvalue weighted by Gasteiger charge is -2.51. The maximum Gasteiger partial charge on any atom is 0.275 e. The molecule has 0 radical (unpaired) electrons. The van der Waals surface area contributed by atoms with Crippen LogP contribution in [0.5, 0.6) is 0 Å². The number of amides is 4. The Labute approximate surface area is 376 Å². The van der Waals surface area contributed by atoms with Crippen molar-refractivity contribution < 1.29 is 28.0 Å². The van der Waals surface area contributed by atoms with Gasteiger partial charge < -0.3 is 25.3 Å². The van der Waals surface area contributed by atoms with Crippen molar-refractivity contribution in [2.75, 3.05) is 81.6 Å². The molecule has 1 aliphatic carbocycles. The van der Waals surface area contributed by atoms with Crippen LogP contribution in [0, 0.1) is 5.41 Å². The molecule has 1 unspecified atom stereocenters.